The molecule has 2 aromatic heterocycles. The molecular weight excluding hydrogens is 392 g/mol. The number of nitrogens with one attached hydrogen (secondary N) is 2. The lowest BCUT2D eigenvalue weighted by Gasteiger charge is -2.03. The lowest BCUT2D eigenvalue weighted by atomic mass is 10.4. The van der Waals surface area contributed by atoms with Crippen LogP contribution >= 0.6 is 15.9 Å². The van der Waals surface area contributed by atoms with Crippen LogP contribution in [0.5, 0.6) is 0 Å². The Labute approximate surface area is 141 Å². The topological polar surface area (TPSA) is 134 Å². The van der Waals surface area contributed by atoms with Crippen LogP contribution in [0.3, 0.4) is 0 Å². The molecule has 2 rings (SSSR count). The third kappa shape index (κ3) is 5.50. The van der Waals surface area contributed by atoms with Gasteiger partial charge in [-0.15, -0.1) is 0 Å². The van der Waals surface area contributed by atoms with Crippen LogP contribution in [0, 0.1) is 0 Å². The first-order valence-corrected chi connectivity index (χ1v) is 8.14. The zero-order chi connectivity index (χ0) is 16.7. The van der Waals surface area contributed by atoms with E-state index in [2.05, 4.69) is 35.7 Å². The predicted molar refractivity (Wildman–Crippen MR) is 84.8 cm³/mol. The van der Waals surface area contributed by atoms with Crippen molar-refractivity contribution in [3.63, 3.8) is 0 Å². The van der Waals surface area contributed by atoms with Gasteiger partial charge in [-0.2, -0.15) is 17.9 Å². The molecule has 0 amide bonds. The second-order valence-electron chi connectivity index (χ2n) is 4.15. The maximum absolute atomic E-state index is 10.3. The first-order valence-electron chi connectivity index (χ1n) is 6.31. The lowest BCUT2D eigenvalue weighted by molar-refractivity contribution is 0.228. The number of aromatic nitrogens is 2. The summed E-state index contributed by atoms with van der Waals surface area (Å²) in [6.45, 7) is 0.665. The van der Waals surface area contributed by atoms with Crippen LogP contribution in [0.2, 0.25) is 0 Å². The van der Waals surface area contributed by atoms with Crippen LogP contribution < -0.4 is 10.8 Å². The van der Waals surface area contributed by atoms with Crippen molar-refractivity contribution >= 4 is 38.1 Å². The summed E-state index contributed by atoms with van der Waals surface area (Å²) < 4.78 is 31.2. The van der Waals surface area contributed by atoms with Crippen LogP contribution in [-0.2, 0) is 17.0 Å². The highest BCUT2D eigenvalue weighted by Crippen LogP contribution is 2.14. The fourth-order valence-corrected chi connectivity index (χ4v) is 2.19. The van der Waals surface area contributed by atoms with Gasteiger partial charge in [0.1, 0.15) is 18.6 Å². The predicted octanol–water partition coefficient (Wildman–Crippen LogP) is 1.10. The van der Waals surface area contributed by atoms with Gasteiger partial charge < -0.3 is 9.73 Å². The smallest absolute Gasteiger partial charge is 0.311 e. The van der Waals surface area contributed by atoms with E-state index in [4.69, 9.17) is 9.62 Å². The van der Waals surface area contributed by atoms with Gasteiger partial charge in [-0.3, -0.25) is 5.21 Å². The van der Waals surface area contributed by atoms with Gasteiger partial charge in [0.05, 0.1) is 29.1 Å². The molecular formula is C11H13BrN6O4S. The highest BCUT2D eigenvalue weighted by Gasteiger charge is 2.05. The average molecular weight is 405 g/mol. The van der Waals surface area contributed by atoms with Gasteiger partial charge in [0.25, 0.3) is 0 Å². The molecule has 0 aliphatic rings. The van der Waals surface area contributed by atoms with Crippen molar-refractivity contribution in [2.75, 3.05) is 18.4 Å². The van der Waals surface area contributed by atoms with E-state index in [1.54, 1.807) is 12.3 Å². The van der Waals surface area contributed by atoms with E-state index in [1.807, 2.05) is 5.48 Å². The molecule has 0 aliphatic carbocycles. The van der Waals surface area contributed by atoms with Crippen molar-refractivity contribution < 1.29 is 18.0 Å². The van der Waals surface area contributed by atoms with Gasteiger partial charge in [-0.25, -0.2) is 15.2 Å². The summed E-state index contributed by atoms with van der Waals surface area (Å²) in [5.41, 5.74) is 2.59. The Morgan fingerprint density at radius 1 is 1.52 bits per heavy atom. The van der Waals surface area contributed by atoms with Crippen LogP contribution in [0.25, 0.3) is 0 Å². The fourth-order valence-electron chi connectivity index (χ4n) is 1.60. The molecule has 10 nitrogen and oxygen atoms in total. The minimum atomic E-state index is -2.41. The van der Waals surface area contributed by atoms with Crippen LogP contribution in [0.4, 0.5) is 5.69 Å². The van der Waals surface area contributed by atoms with Crippen LogP contribution in [-0.4, -0.2) is 42.5 Å². The van der Waals surface area contributed by atoms with Crippen molar-refractivity contribution in [1.82, 2.24) is 15.3 Å². The molecule has 0 fully saturated rings. The summed E-state index contributed by atoms with van der Waals surface area (Å²) in [5.74, 6) is 0.721. The second kappa shape index (κ2) is 8.45. The first-order chi connectivity index (χ1) is 11.1. The van der Waals surface area contributed by atoms with Crippen molar-refractivity contribution in [1.29, 1.82) is 0 Å². The Bertz CT molecular complexity index is 804. The zero-order valence-electron chi connectivity index (χ0n) is 11.7. The van der Waals surface area contributed by atoms with Gasteiger partial charge in [0.2, 0.25) is 5.96 Å². The highest BCUT2D eigenvalue weighted by molar-refractivity contribution is 9.10. The van der Waals surface area contributed by atoms with E-state index in [9.17, 15) is 8.42 Å². The number of nitrogens with zero attached hydrogens (tertiary/aromatic N) is 4. The van der Waals surface area contributed by atoms with Gasteiger partial charge in [-0.1, -0.05) is 0 Å². The van der Waals surface area contributed by atoms with Crippen molar-refractivity contribution in [3.05, 3.63) is 35.0 Å². The number of aliphatic imine (C=N–C) groups is 1. The summed E-state index contributed by atoms with van der Waals surface area (Å²) in [6.07, 6.45) is 4.62. The normalized spacial score (nSPS) is 11.3. The average Bonchev–Trinajstić information content (AvgIpc) is 3.14. The van der Waals surface area contributed by atoms with E-state index in [0.717, 1.165) is 4.47 Å². The molecule has 124 valence electrons. The Kier molecular flexibility index (Phi) is 6.31. The Hall–Kier alpha value is -2.18. The lowest BCUT2D eigenvalue weighted by Crippen LogP contribution is -2.28. The van der Waals surface area contributed by atoms with Gasteiger partial charge >= 0.3 is 10.5 Å². The molecule has 0 aromatic carbocycles. The minimum absolute atomic E-state index is 0.107. The molecule has 2 aromatic rings. The van der Waals surface area contributed by atoms with Crippen LogP contribution in [0.15, 0.2) is 43.0 Å². The summed E-state index contributed by atoms with van der Waals surface area (Å²) in [4.78, 5) is 4.14. The number of hydrogen-bond donors (Lipinski definition) is 3. The number of anilines is 1. The van der Waals surface area contributed by atoms with E-state index in [0.29, 0.717) is 18.0 Å². The number of rotatable bonds is 6. The molecule has 23 heavy (non-hydrogen) atoms. The fraction of sp³-hybridized carbons (Fsp3) is 0.273. The standard InChI is InChI=1S/C11H13BrN6O4S/c12-8-3-10(22-7-8)5-14-11(17-19)18-6-9(4-15-18)13-1-2-16-23(20)21/h3-4,6-7,13,19H,1-2,5H2,(H,14,17). The van der Waals surface area contributed by atoms with Crippen molar-refractivity contribution in [2.24, 2.45) is 9.36 Å². The summed E-state index contributed by atoms with van der Waals surface area (Å²) in [7, 11) is -2.41. The first kappa shape index (κ1) is 17.2. The maximum Gasteiger partial charge on any atom is 0.311 e. The van der Waals surface area contributed by atoms with E-state index < -0.39 is 10.5 Å². The number of hydroxylamine groups is 1. The van der Waals surface area contributed by atoms with Gasteiger partial charge in [0.15, 0.2) is 0 Å². The van der Waals surface area contributed by atoms with Crippen LogP contribution in [0.1, 0.15) is 5.76 Å². The van der Waals surface area contributed by atoms with E-state index in [-0.39, 0.29) is 19.0 Å². The molecule has 0 bridgehead atoms. The summed E-state index contributed by atoms with van der Waals surface area (Å²) in [6, 6.07) is 1.76. The zero-order valence-corrected chi connectivity index (χ0v) is 14.1. The molecule has 0 spiro atoms. The molecule has 0 atom stereocenters. The van der Waals surface area contributed by atoms with E-state index >= 15 is 0 Å². The number of hydrogen-bond acceptors (Lipinski definition) is 8. The second-order valence-corrected chi connectivity index (χ2v) is 5.76. The third-order valence-electron chi connectivity index (χ3n) is 2.54. The molecule has 0 saturated carbocycles. The quantitative estimate of drug-likeness (QED) is 0.284. The molecule has 0 unspecified atom stereocenters. The minimum Gasteiger partial charge on any atom is -0.466 e. The van der Waals surface area contributed by atoms with Crippen molar-refractivity contribution in [3.8, 4) is 0 Å². The van der Waals surface area contributed by atoms with Gasteiger partial charge in [-0.05, 0) is 22.0 Å². The van der Waals surface area contributed by atoms with E-state index in [1.165, 1.54) is 17.1 Å². The monoisotopic (exact) mass is 404 g/mol. The van der Waals surface area contributed by atoms with Gasteiger partial charge in [0, 0.05) is 6.54 Å². The Morgan fingerprint density at radius 3 is 3.00 bits per heavy atom. The SMILES string of the molecule is O=S(=O)=NCCNc1cnn(C(=NCc2cc(Br)co2)NO)c1. The molecule has 0 radical (unpaired) electrons. The number of furan rings is 1. The molecule has 2 heterocycles. The third-order valence-corrected chi connectivity index (χ3v) is 3.35. The molecule has 12 heteroatoms. The summed E-state index contributed by atoms with van der Waals surface area (Å²) in [5, 5.41) is 16.1. The highest BCUT2D eigenvalue weighted by atomic mass is 79.9. The maximum atomic E-state index is 10.3. The summed E-state index contributed by atoms with van der Waals surface area (Å²) >= 11 is 3.26. The Morgan fingerprint density at radius 2 is 2.35 bits per heavy atom. The van der Waals surface area contributed by atoms with Crippen molar-refractivity contribution in [2.45, 2.75) is 6.54 Å². The Balaban J connectivity index is 1.97. The number of halogens is 1. The molecule has 3 N–H and O–H groups in total. The largest absolute Gasteiger partial charge is 0.466 e. The molecule has 0 saturated heterocycles. The molecule has 0 aliphatic heterocycles.